The van der Waals surface area contributed by atoms with E-state index in [0.717, 1.165) is 0 Å². The summed E-state index contributed by atoms with van der Waals surface area (Å²) in [6.45, 7) is -0.433. The van der Waals surface area contributed by atoms with Gasteiger partial charge in [0.15, 0.2) is 0 Å². The number of hydrogen-bond acceptors (Lipinski definition) is 1. The van der Waals surface area contributed by atoms with Crippen LogP contribution in [0.5, 0.6) is 0 Å². The van der Waals surface area contributed by atoms with Crippen LogP contribution in [0.3, 0.4) is 0 Å². The molecule has 0 heterocycles. The zero-order valence-electron chi connectivity index (χ0n) is 4.17. The Balaban J connectivity index is -0.000000125. The third kappa shape index (κ3) is 15.9. The molecule has 0 rings (SSSR count). The molecule has 0 amide bonds. The van der Waals surface area contributed by atoms with Crippen LogP contribution in [0.4, 0.5) is 0 Å². The van der Waals surface area contributed by atoms with Crippen LogP contribution in [0.15, 0.2) is 0 Å². The van der Waals surface area contributed by atoms with Crippen molar-refractivity contribution in [1.82, 2.24) is 0 Å². The van der Waals surface area contributed by atoms with Crippen LogP contribution in [0.1, 0.15) is 0 Å². The molecule has 1 nitrogen and oxygen atoms in total. The summed E-state index contributed by atoms with van der Waals surface area (Å²) in [7, 11) is 0. The zero-order chi connectivity index (χ0) is 5.21. The Hall–Kier alpha value is 2.76. The minimum atomic E-state index is -1.49. The summed E-state index contributed by atoms with van der Waals surface area (Å²) in [5.74, 6) is 0. The molecule has 0 aromatic rings. The van der Waals surface area contributed by atoms with Crippen molar-refractivity contribution in [2.24, 2.45) is 0 Å². The van der Waals surface area contributed by atoms with Crippen LogP contribution in [-0.2, 0) is 0 Å². The smallest absolute Gasteiger partial charge is 1.00 e. The summed E-state index contributed by atoms with van der Waals surface area (Å²) in [6.07, 6.45) is 0. The van der Waals surface area contributed by atoms with Gasteiger partial charge >= 0.3 is 51.4 Å². The fourth-order valence-corrected chi connectivity index (χ4v) is 0. The van der Waals surface area contributed by atoms with Gasteiger partial charge in [0.1, 0.15) is 0 Å². The second-order valence-corrected chi connectivity index (χ2v) is 3.29. The van der Waals surface area contributed by atoms with Gasteiger partial charge in [0.05, 0.1) is 6.61 Å². The second-order valence-electron chi connectivity index (χ2n) is 0.773. The fraction of sp³-hybridized carbons (Fsp3) is 1.00. The van der Waals surface area contributed by atoms with Crippen LogP contribution in [-0.4, -0.2) is 15.5 Å². The minimum absolute atomic E-state index is 0. The van der Waals surface area contributed by atoms with E-state index in [0.29, 0.717) is 0 Å². The molecular weight excluding hydrogens is 221 g/mol. The molecule has 0 saturated heterocycles. The molecule has 6 heteroatoms. The molecule has 8 heavy (non-hydrogen) atoms. The third-order valence-corrected chi connectivity index (χ3v) is 0.538. The summed E-state index contributed by atoms with van der Waals surface area (Å²) in [4.78, 5) is 0. The molecule has 0 saturated carbocycles. The first-order valence-corrected chi connectivity index (χ1v) is 2.37. The number of hydrogen-bond donors (Lipinski definition) is 1. The van der Waals surface area contributed by atoms with Gasteiger partial charge in [-0.1, -0.05) is 34.8 Å². The van der Waals surface area contributed by atoms with Gasteiger partial charge < -0.3 is 17.5 Å². The van der Waals surface area contributed by atoms with E-state index in [1.807, 2.05) is 0 Å². The van der Waals surface area contributed by atoms with Gasteiger partial charge in [0.2, 0.25) is 3.79 Å². The Morgan fingerprint density at radius 2 is 1.38 bits per heavy atom. The summed E-state index contributed by atoms with van der Waals surface area (Å²) in [5, 5.41) is 8.01. The van der Waals surface area contributed by atoms with Crippen molar-refractivity contribution in [2.75, 3.05) is 6.61 Å². The molecule has 0 aromatic heterocycles. The first-order chi connectivity index (χ1) is 2.56. The topological polar surface area (TPSA) is 20.2 Å². The minimum Gasteiger partial charge on any atom is -1.00 e. The molecule has 0 bridgehead atoms. The summed E-state index contributed by atoms with van der Waals surface area (Å²) in [5.41, 5.74) is 0. The van der Waals surface area contributed by atoms with E-state index >= 15 is 0 Å². The van der Waals surface area contributed by atoms with E-state index in [2.05, 4.69) is 0 Å². The Kier molecular flexibility index (Phi) is 16.7. The van der Waals surface area contributed by atoms with Crippen molar-refractivity contribution in [3.8, 4) is 0 Å². The van der Waals surface area contributed by atoms with Crippen molar-refractivity contribution >= 4 is 34.8 Å². The Morgan fingerprint density at radius 1 is 1.25 bits per heavy atom. The van der Waals surface area contributed by atoms with Crippen LogP contribution in [0.2, 0.25) is 0 Å². The van der Waals surface area contributed by atoms with Crippen LogP contribution in [0, 0.1) is 0 Å². The van der Waals surface area contributed by atoms with Crippen LogP contribution >= 0.6 is 34.8 Å². The predicted molar refractivity (Wildman–Crippen MR) is 27.4 cm³/mol. The quantitative estimate of drug-likeness (QED) is 0.324. The van der Waals surface area contributed by atoms with Crippen molar-refractivity contribution in [3.05, 3.63) is 0 Å². The van der Waals surface area contributed by atoms with Gasteiger partial charge in [0.25, 0.3) is 0 Å². The van der Waals surface area contributed by atoms with E-state index in [4.69, 9.17) is 39.9 Å². The molecule has 1 N–H and O–H groups in total. The van der Waals surface area contributed by atoms with Gasteiger partial charge in [-0.2, -0.15) is 0 Å². The van der Waals surface area contributed by atoms with E-state index in [-0.39, 0.29) is 63.8 Å². The average molecular weight is 224 g/mol. The zero-order valence-corrected chi connectivity index (χ0v) is 10.3. The molecule has 46 valence electrons. The van der Waals surface area contributed by atoms with Crippen molar-refractivity contribution in [1.29, 1.82) is 0 Å². The molecule has 0 aliphatic carbocycles. The van der Waals surface area contributed by atoms with Crippen molar-refractivity contribution in [2.45, 2.75) is 3.79 Å². The van der Waals surface area contributed by atoms with Crippen molar-refractivity contribution < 1.29 is 68.9 Å². The molecule has 0 fully saturated rings. The number of rotatable bonds is 0. The van der Waals surface area contributed by atoms with Gasteiger partial charge in [-0.05, 0) is 0 Å². The maximum atomic E-state index is 8.01. The first kappa shape index (κ1) is 17.0. The van der Waals surface area contributed by atoms with Gasteiger partial charge in [-0.15, -0.1) is 0 Å². The Labute approximate surface area is 112 Å². The molecule has 0 unspecified atom stereocenters. The normalized spacial score (nSPS) is 9.00. The first-order valence-electron chi connectivity index (χ1n) is 1.24. The summed E-state index contributed by atoms with van der Waals surface area (Å²) >= 11 is 15.0. The van der Waals surface area contributed by atoms with Gasteiger partial charge in [0, 0.05) is 0 Å². The van der Waals surface area contributed by atoms with Gasteiger partial charge in [-0.25, -0.2) is 0 Å². The van der Waals surface area contributed by atoms with E-state index in [1.165, 1.54) is 0 Å². The largest absolute Gasteiger partial charge is 1.00 e. The number of alkyl halides is 3. The van der Waals surface area contributed by atoms with E-state index in [9.17, 15) is 0 Å². The number of halogens is 4. The summed E-state index contributed by atoms with van der Waals surface area (Å²) in [6, 6.07) is 0. The van der Waals surface area contributed by atoms with Gasteiger partial charge in [-0.3, -0.25) is 0 Å². The molecule has 0 aliphatic rings. The molecule has 0 aliphatic heterocycles. The van der Waals surface area contributed by atoms with E-state index in [1.54, 1.807) is 0 Å². The SMILES string of the molecule is OCC(Cl)(Cl)Cl.[Cl-].[K+]. The number of aliphatic hydroxyl groups excluding tert-OH is 1. The number of aliphatic hydroxyl groups is 1. The van der Waals surface area contributed by atoms with E-state index < -0.39 is 10.4 Å². The van der Waals surface area contributed by atoms with Crippen LogP contribution in [0.25, 0.3) is 0 Å². The second kappa shape index (κ2) is 7.86. The monoisotopic (exact) mass is 222 g/mol. The Morgan fingerprint density at radius 3 is 1.38 bits per heavy atom. The third-order valence-electron chi connectivity index (χ3n) is 0.179. The standard InChI is InChI=1S/C2H3Cl3O.ClH.K/c3-2(4,5)1-6;;/h6H,1H2;1H;/q;;+1/p-1. The maximum absolute atomic E-state index is 8.01. The molecule has 0 atom stereocenters. The molecule has 0 aromatic carbocycles. The predicted octanol–water partition coefficient (Wildman–Crippen LogP) is -4.64. The molecular formula is C2H3Cl4KO. The molecule has 0 radical (unpaired) electrons. The summed E-state index contributed by atoms with van der Waals surface area (Å²) < 4.78 is -1.49. The maximum Gasteiger partial charge on any atom is 1.00 e. The fourth-order valence-electron chi connectivity index (χ4n) is 0. The van der Waals surface area contributed by atoms with Crippen LogP contribution < -0.4 is 63.8 Å². The van der Waals surface area contributed by atoms with Crippen molar-refractivity contribution in [3.63, 3.8) is 0 Å². The Bertz CT molecular complexity index is 43.8. The average Bonchev–Trinajstić information content (AvgIpc) is 1.35. The molecule has 0 spiro atoms.